The summed E-state index contributed by atoms with van der Waals surface area (Å²) in [6.07, 6.45) is 4.70. The van der Waals surface area contributed by atoms with E-state index < -0.39 is 0 Å². The van der Waals surface area contributed by atoms with E-state index >= 15 is 0 Å². The van der Waals surface area contributed by atoms with Crippen LogP contribution in [0.25, 0.3) is 22.7 Å². The second-order valence-electron chi connectivity index (χ2n) is 5.23. The second-order valence-corrected chi connectivity index (χ2v) is 5.23. The Morgan fingerprint density at radius 3 is 3.15 bits per heavy atom. The number of nitrogens with zero attached hydrogens (tertiary/aromatic N) is 3. The van der Waals surface area contributed by atoms with Gasteiger partial charge in [0.2, 0.25) is 0 Å². The van der Waals surface area contributed by atoms with Crippen molar-refractivity contribution in [2.24, 2.45) is 5.92 Å². The third kappa shape index (κ3) is 1.91. The van der Waals surface area contributed by atoms with Crippen LogP contribution < -0.4 is 5.32 Å². The maximum atomic E-state index is 5.53. The van der Waals surface area contributed by atoms with Crippen molar-refractivity contribution in [2.45, 2.75) is 13.0 Å². The van der Waals surface area contributed by atoms with E-state index in [2.05, 4.69) is 19.9 Å². The molecule has 3 aromatic rings. The maximum absolute atomic E-state index is 5.53. The van der Waals surface area contributed by atoms with Crippen molar-refractivity contribution >= 4 is 11.2 Å². The Labute approximate surface area is 116 Å². The molecule has 4 rings (SSSR count). The van der Waals surface area contributed by atoms with Crippen molar-refractivity contribution in [1.82, 2.24) is 19.9 Å². The van der Waals surface area contributed by atoms with E-state index in [9.17, 15) is 0 Å². The number of hydrogen-bond donors (Lipinski definition) is 1. The average Bonchev–Trinajstić information content (AvgIpc) is 3.19. The fourth-order valence-electron chi connectivity index (χ4n) is 2.85. The van der Waals surface area contributed by atoms with Crippen LogP contribution in [0.1, 0.15) is 6.42 Å². The molecule has 4 heterocycles. The van der Waals surface area contributed by atoms with Gasteiger partial charge in [-0.25, -0.2) is 9.97 Å². The third-order valence-corrected chi connectivity index (χ3v) is 3.85. The number of hydrogen-bond acceptors (Lipinski definition) is 4. The van der Waals surface area contributed by atoms with Crippen molar-refractivity contribution < 1.29 is 4.42 Å². The zero-order chi connectivity index (χ0) is 13.4. The molecular weight excluding hydrogens is 252 g/mol. The van der Waals surface area contributed by atoms with Gasteiger partial charge in [0.05, 0.1) is 6.26 Å². The molecule has 0 bridgehead atoms. The van der Waals surface area contributed by atoms with Gasteiger partial charge in [0.1, 0.15) is 5.52 Å². The Balaban J connectivity index is 1.84. The Bertz CT molecular complexity index is 711. The first-order valence-electron chi connectivity index (χ1n) is 6.97. The van der Waals surface area contributed by atoms with Gasteiger partial charge in [-0.05, 0) is 49.7 Å². The van der Waals surface area contributed by atoms with E-state index in [0.29, 0.717) is 5.92 Å². The molecular formula is C15H16N4O. The predicted molar refractivity (Wildman–Crippen MR) is 76.2 cm³/mol. The summed E-state index contributed by atoms with van der Waals surface area (Å²) in [6, 6.07) is 7.76. The van der Waals surface area contributed by atoms with E-state index in [1.165, 1.54) is 6.42 Å². The number of rotatable bonds is 3. The standard InChI is InChI=1S/C15H16N4O/c1-3-12-14(17-6-1)19(10-11-5-7-16-9-11)15(18-12)13-4-2-8-20-13/h1-4,6,8,11,16H,5,7,9-10H2. The molecule has 3 aromatic heterocycles. The summed E-state index contributed by atoms with van der Waals surface area (Å²) in [6.45, 7) is 3.08. The van der Waals surface area contributed by atoms with Crippen molar-refractivity contribution in [3.05, 3.63) is 36.7 Å². The van der Waals surface area contributed by atoms with Crippen LogP contribution in [0.15, 0.2) is 41.1 Å². The molecule has 0 aliphatic carbocycles. The highest BCUT2D eigenvalue weighted by Gasteiger charge is 2.21. The van der Waals surface area contributed by atoms with E-state index in [-0.39, 0.29) is 0 Å². The first-order valence-corrected chi connectivity index (χ1v) is 6.97. The first-order chi connectivity index (χ1) is 9.92. The van der Waals surface area contributed by atoms with E-state index in [1.54, 1.807) is 6.26 Å². The molecule has 0 spiro atoms. The normalized spacial score (nSPS) is 18.9. The van der Waals surface area contributed by atoms with Crippen LogP contribution in [0.3, 0.4) is 0 Å². The zero-order valence-electron chi connectivity index (χ0n) is 11.1. The highest BCUT2D eigenvalue weighted by molar-refractivity contribution is 5.75. The number of imidazole rings is 1. The molecule has 0 saturated carbocycles. The summed E-state index contributed by atoms with van der Waals surface area (Å²) < 4.78 is 7.71. The van der Waals surface area contributed by atoms with Crippen molar-refractivity contribution in [3.8, 4) is 11.6 Å². The molecule has 5 heteroatoms. The minimum absolute atomic E-state index is 0.628. The van der Waals surface area contributed by atoms with Gasteiger partial charge in [-0.2, -0.15) is 0 Å². The number of pyridine rings is 1. The lowest BCUT2D eigenvalue weighted by Crippen LogP contribution is -2.15. The summed E-state index contributed by atoms with van der Waals surface area (Å²) in [5.41, 5.74) is 1.86. The van der Waals surface area contributed by atoms with Crippen LogP contribution in [0.5, 0.6) is 0 Å². The topological polar surface area (TPSA) is 55.9 Å². The summed E-state index contributed by atoms with van der Waals surface area (Å²) in [4.78, 5) is 9.18. The molecule has 102 valence electrons. The molecule has 0 aromatic carbocycles. The fourth-order valence-corrected chi connectivity index (χ4v) is 2.85. The Hall–Kier alpha value is -2.14. The highest BCUT2D eigenvalue weighted by atomic mass is 16.3. The number of fused-ring (bicyclic) bond motifs is 1. The van der Waals surface area contributed by atoms with Crippen molar-refractivity contribution in [2.75, 3.05) is 13.1 Å². The molecule has 5 nitrogen and oxygen atoms in total. The highest BCUT2D eigenvalue weighted by Crippen LogP contribution is 2.26. The molecule has 1 atom stereocenters. The van der Waals surface area contributed by atoms with Gasteiger partial charge in [0, 0.05) is 12.7 Å². The van der Waals surface area contributed by atoms with Crippen molar-refractivity contribution in [1.29, 1.82) is 0 Å². The molecule has 1 unspecified atom stereocenters. The minimum atomic E-state index is 0.628. The van der Waals surface area contributed by atoms with Crippen LogP contribution in [-0.2, 0) is 6.54 Å². The van der Waals surface area contributed by atoms with Crippen LogP contribution in [0.4, 0.5) is 0 Å². The lowest BCUT2D eigenvalue weighted by Gasteiger charge is -2.12. The van der Waals surface area contributed by atoms with Crippen LogP contribution in [0, 0.1) is 5.92 Å². The molecule has 1 N–H and O–H groups in total. The second kappa shape index (κ2) is 4.76. The van der Waals surface area contributed by atoms with Gasteiger partial charge in [-0.1, -0.05) is 0 Å². The number of nitrogens with one attached hydrogen (secondary N) is 1. The molecule has 0 amide bonds. The zero-order valence-corrected chi connectivity index (χ0v) is 11.1. The SMILES string of the molecule is c1coc(-c2nc3cccnc3n2CC2CCNC2)c1. The summed E-state index contributed by atoms with van der Waals surface area (Å²) in [7, 11) is 0. The summed E-state index contributed by atoms with van der Waals surface area (Å²) in [5.74, 6) is 2.30. The quantitative estimate of drug-likeness (QED) is 0.792. The Morgan fingerprint density at radius 1 is 1.35 bits per heavy atom. The molecule has 1 aliphatic heterocycles. The van der Waals surface area contributed by atoms with Crippen molar-refractivity contribution in [3.63, 3.8) is 0 Å². The van der Waals surface area contributed by atoms with E-state index in [1.807, 2.05) is 30.5 Å². The van der Waals surface area contributed by atoms with Gasteiger partial charge < -0.3 is 14.3 Å². The fraction of sp³-hybridized carbons (Fsp3) is 0.333. The molecule has 20 heavy (non-hydrogen) atoms. The van der Waals surface area contributed by atoms with Gasteiger partial charge in [0.15, 0.2) is 17.2 Å². The number of aromatic nitrogens is 3. The average molecular weight is 268 g/mol. The Kier molecular flexibility index (Phi) is 2.77. The molecule has 1 aliphatic rings. The van der Waals surface area contributed by atoms with E-state index in [4.69, 9.17) is 4.42 Å². The smallest absolute Gasteiger partial charge is 0.178 e. The van der Waals surface area contributed by atoms with Gasteiger partial charge in [-0.3, -0.25) is 0 Å². The molecule has 1 saturated heterocycles. The Morgan fingerprint density at radius 2 is 2.35 bits per heavy atom. The van der Waals surface area contributed by atoms with Crippen LogP contribution in [0.2, 0.25) is 0 Å². The lowest BCUT2D eigenvalue weighted by atomic mass is 10.1. The lowest BCUT2D eigenvalue weighted by molar-refractivity contribution is 0.484. The van der Waals surface area contributed by atoms with Gasteiger partial charge >= 0.3 is 0 Å². The van der Waals surface area contributed by atoms with Crippen LogP contribution in [-0.4, -0.2) is 27.6 Å². The summed E-state index contributed by atoms with van der Waals surface area (Å²) >= 11 is 0. The maximum Gasteiger partial charge on any atom is 0.178 e. The van der Waals surface area contributed by atoms with E-state index in [0.717, 1.165) is 42.4 Å². The monoisotopic (exact) mass is 268 g/mol. The minimum Gasteiger partial charge on any atom is -0.461 e. The number of furan rings is 1. The first kappa shape index (κ1) is 11.7. The third-order valence-electron chi connectivity index (χ3n) is 3.85. The van der Waals surface area contributed by atoms with Gasteiger partial charge in [-0.15, -0.1) is 0 Å². The van der Waals surface area contributed by atoms with Crippen LogP contribution >= 0.6 is 0 Å². The van der Waals surface area contributed by atoms with Gasteiger partial charge in [0.25, 0.3) is 0 Å². The summed E-state index contributed by atoms with van der Waals surface area (Å²) in [5, 5.41) is 3.41. The predicted octanol–water partition coefficient (Wildman–Crippen LogP) is 2.30. The largest absolute Gasteiger partial charge is 0.461 e. The molecule has 1 fully saturated rings. The molecule has 0 radical (unpaired) electrons.